The van der Waals surface area contributed by atoms with Crippen molar-refractivity contribution in [3.63, 3.8) is 0 Å². The highest BCUT2D eigenvalue weighted by Crippen LogP contribution is 2.36. The lowest BCUT2D eigenvalue weighted by Gasteiger charge is -2.36. The Morgan fingerprint density at radius 2 is 1.67 bits per heavy atom. The molecular formula is C23H29NO9. The second-order valence-electron chi connectivity index (χ2n) is 8.81. The molecule has 180 valence electrons. The quantitative estimate of drug-likeness (QED) is 0.431. The van der Waals surface area contributed by atoms with Crippen LogP contribution < -0.4 is 0 Å². The van der Waals surface area contributed by atoms with Crippen LogP contribution in [0.1, 0.15) is 50.0 Å². The molecule has 10 heteroatoms. The van der Waals surface area contributed by atoms with Gasteiger partial charge in [0, 0.05) is 12.1 Å². The Morgan fingerprint density at radius 3 is 2.21 bits per heavy atom. The van der Waals surface area contributed by atoms with Crippen LogP contribution in [0.15, 0.2) is 30.3 Å². The topological polar surface area (TPSA) is 151 Å². The van der Waals surface area contributed by atoms with E-state index in [1.54, 1.807) is 30.3 Å². The molecule has 1 aromatic carbocycles. The number of fused-ring (bicyclic) bond motifs is 2. The number of aliphatic carboxylic acids is 2. The van der Waals surface area contributed by atoms with Crippen LogP contribution in [0.5, 0.6) is 0 Å². The summed E-state index contributed by atoms with van der Waals surface area (Å²) in [5, 5.41) is 28.0. The zero-order valence-electron chi connectivity index (χ0n) is 18.4. The van der Waals surface area contributed by atoms with Crippen LogP contribution in [0.4, 0.5) is 0 Å². The minimum atomic E-state index is -2.81. The van der Waals surface area contributed by atoms with E-state index in [1.807, 2.05) is 0 Å². The van der Waals surface area contributed by atoms with Crippen LogP contribution in [0.25, 0.3) is 0 Å². The Bertz CT molecular complexity index is 875. The van der Waals surface area contributed by atoms with Crippen molar-refractivity contribution in [3.8, 4) is 0 Å². The van der Waals surface area contributed by atoms with Gasteiger partial charge in [-0.1, -0.05) is 30.3 Å². The second kappa shape index (κ2) is 10.3. The summed E-state index contributed by atoms with van der Waals surface area (Å²) in [6.45, 7) is -0.427. The maximum Gasteiger partial charge on any atom is 0.336 e. The van der Waals surface area contributed by atoms with E-state index in [0.717, 1.165) is 25.7 Å². The van der Waals surface area contributed by atoms with Crippen LogP contribution in [-0.2, 0) is 28.7 Å². The maximum absolute atomic E-state index is 13.0. The molecule has 2 aliphatic rings. The number of hydrogen-bond acceptors (Lipinski definition) is 8. The van der Waals surface area contributed by atoms with Gasteiger partial charge in [0.2, 0.25) is 0 Å². The van der Waals surface area contributed by atoms with Gasteiger partial charge in [-0.2, -0.15) is 0 Å². The average Bonchev–Trinajstić information content (AvgIpc) is 2.94. The lowest BCUT2D eigenvalue weighted by atomic mass is 9.95. The lowest BCUT2D eigenvalue weighted by Crippen LogP contribution is -2.44. The summed E-state index contributed by atoms with van der Waals surface area (Å²) in [5.41, 5.74) is -2.25. The van der Waals surface area contributed by atoms with Gasteiger partial charge in [-0.25, -0.2) is 4.79 Å². The van der Waals surface area contributed by atoms with E-state index in [-0.39, 0.29) is 6.10 Å². The number of aliphatic hydroxyl groups is 1. The highest BCUT2D eigenvalue weighted by atomic mass is 16.6. The molecule has 0 aliphatic carbocycles. The van der Waals surface area contributed by atoms with Crippen LogP contribution in [0, 0.1) is 0 Å². The van der Waals surface area contributed by atoms with Crippen LogP contribution in [0.3, 0.4) is 0 Å². The molecule has 1 aromatic rings. The second-order valence-corrected chi connectivity index (χ2v) is 8.81. The zero-order valence-corrected chi connectivity index (χ0v) is 18.4. The van der Waals surface area contributed by atoms with Gasteiger partial charge >= 0.3 is 23.9 Å². The standard InChI is InChI=1S/C23H29NO9/c1-24-15-7-8-16(24)10-17(9-15)33-21(28)18(14-5-3-2-4-6-14)13-32-20(27)12-23(31,22(29)30)11-19(25)26/h2-6,15-18,31H,7-13H2,1H3,(H,25,26)(H,29,30)/t15-,16+,17+,18?,23?. The molecule has 5 atom stereocenters. The van der Waals surface area contributed by atoms with Gasteiger partial charge < -0.3 is 29.7 Å². The number of ether oxygens (including phenoxy) is 2. The number of carboxylic acids is 2. The van der Waals surface area contributed by atoms with Crippen LogP contribution in [0.2, 0.25) is 0 Å². The lowest BCUT2D eigenvalue weighted by molar-refractivity contribution is -0.172. The summed E-state index contributed by atoms with van der Waals surface area (Å²) in [4.78, 5) is 49.7. The molecule has 0 aromatic heterocycles. The summed E-state index contributed by atoms with van der Waals surface area (Å²) in [6.07, 6.45) is 1.14. The molecule has 2 bridgehead atoms. The van der Waals surface area contributed by atoms with Crippen molar-refractivity contribution in [2.24, 2.45) is 0 Å². The predicted octanol–water partition coefficient (Wildman–Crippen LogP) is 1.16. The number of carbonyl (C=O) groups excluding carboxylic acids is 2. The highest BCUT2D eigenvalue weighted by Gasteiger charge is 2.43. The summed E-state index contributed by atoms with van der Waals surface area (Å²) in [6, 6.07) is 9.35. The maximum atomic E-state index is 13.0. The van der Waals surface area contributed by atoms with Crippen molar-refractivity contribution in [2.75, 3.05) is 13.7 Å². The normalized spacial score (nSPS) is 25.0. The molecule has 0 saturated carbocycles. The van der Waals surface area contributed by atoms with E-state index < -0.39 is 54.8 Å². The van der Waals surface area contributed by atoms with Crippen molar-refractivity contribution in [1.29, 1.82) is 0 Å². The van der Waals surface area contributed by atoms with Gasteiger partial charge in [0.05, 0.1) is 12.8 Å². The minimum absolute atomic E-state index is 0.235. The Labute approximate surface area is 191 Å². The molecule has 0 radical (unpaired) electrons. The van der Waals surface area contributed by atoms with E-state index in [0.29, 0.717) is 17.6 Å². The summed E-state index contributed by atoms with van der Waals surface area (Å²) < 4.78 is 10.9. The number of benzene rings is 1. The van der Waals surface area contributed by atoms with Crippen LogP contribution in [-0.4, -0.2) is 81.5 Å². The minimum Gasteiger partial charge on any atom is -0.481 e. The number of esters is 2. The Morgan fingerprint density at radius 1 is 1.06 bits per heavy atom. The molecule has 2 saturated heterocycles. The zero-order chi connectivity index (χ0) is 24.2. The Kier molecular flexibility index (Phi) is 7.70. The SMILES string of the molecule is CN1[C@@H]2CC[C@H]1C[C@@H](OC(=O)C(COC(=O)CC(O)(CC(=O)O)C(=O)O)c1ccccc1)C2. The van der Waals surface area contributed by atoms with Gasteiger partial charge in [0.25, 0.3) is 0 Å². The van der Waals surface area contributed by atoms with Crippen molar-refractivity contribution in [3.05, 3.63) is 35.9 Å². The van der Waals surface area contributed by atoms with Crippen molar-refractivity contribution < 1.29 is 44.0 Å². The molecule has 0 amide bonds. The molecule has 2 fully saturated rings. The number of nitrogens with zero attached hydrogens (tertiary/aromatic N) is 1. The number of rotatable bonds is 10. The van der Waals surface area contributed by atoms with E-state index in [9.17, 15) is 24.3 Å². The smallest absolute Gasteiger partial charge is 0.336 e. The third kappa shape index (κ3) is 6.08. The summed E-state index contributed by atoms with van der Waals surface area (Å²) in [7, 11) is 2.08. The first-order chi connectivity index (χ1) is 15.6. The van der Waals surface area contributed by atoms with Crippen molar-refractivity contribution in [2.45, 2.75) is 68.2 Å². The first-order valence-corrected chi connectivity index (χ1v) is 10.9. The predicted molar refractivity (Wildman–Crippen MR) is 113 cm³/mol. The monoisotopic (exact) mass is 463 g/mol. The molecule has 10 nitrogen and oxygen atoms in total. The Hall–Kier alpha value is -2.98. The Balaban J connectivity index is 1.65. The molecule has 2 unspecified atom stereocenters. The van der Waals surface area contributed by atoms with Gasteiger partial charge in [0.1, 0.15) is 18.6 Å². The van der Waals surface area contributed by atoms with E-state index in [1.165, 1.54) is 0 Å². The highest BCUT2D eigenvalue weighted by molar-refractivity contribution is 5.88. The molecule has 3 rings (SSSR count). The molecule has 2 aliphatic heterocycles. The number of carboxylic acid groups (broad SMARTS) is 2. The molecular weight excluding hydrogens is 434 g/mol. The van der Waals surface area contributed by atoms with Crippen LogP contribution >= 0.6 is 0 Å². The number of hydrogen-bond donors (Lipinski definition) is 3. The summed E-state index contributed by atoms with van der Waals surface area (Å²) >= 11 is 0. The fourth-order valence-electron chi connectivity index (χ4n) is 4.62. The molecule has 2 heterocycles. The van der Waals surface area contributed by atoms with E-state index in [2.05, 4.69) is 11.9 Å². The van der Waals surface area contributed by atoms with Gasteiger partial charge in [-0.15, -0.1) is 0 Å². The third-order valence-electron chi connectivity index (χ3n) is 6.51. The first-order valence-electron chi connectivity index (χ1n) is 10.9. The fraction of sp³-hybridized carbons (Fsp3) is 0.565. The number of piperidine rings is 1. The fourth-order valence-corrected chi connectivity index (χ4v) is 4.62. The molecule has 0 spiro atoms. The first kappa shape index (κ1) is 24.7. The molecule has 3 N–H and O–H groups in total. The van der Waals surface area contributed by atoms with Crippen molar-refractivity contribution >= 4 is 23.9 Å². The van der Waals surface area contributed by atoms with Gasteiger partial charge in [0.15, 0.2) is 5.60 Å². The van der Waals surface area contributed by atoms with E-state index in [4.69, 9.17) is 19.7 Å². The summed E-state index contributed by atoms with van der Waals surface area (Å²) in [5.74, 6) is -6.05. The van der Waals surface area contributed by atoms with Gasteiger partial charge in [-0.05, 0) is 38.3 Å². The van der Waals surface area contributed by atoms with E-state index >= 15 is 0 Å². The number of carbonyl (C=O) groups is 4. The van der Waals surface area contributed by atoms with Gasteiger partial charge in [-0.3, -0.25) is 14.4 Å². The molecule has 33 heavy (non-hydrogen) atoms. The average molecular weight is 463 g/mol. The van der Waals surface area contributed by atoms with Crippen molar-refractivity contribution in [1.82, 2.24) is 4.90 Å². The largest absolute Gasteiger partial charge is 0.481 e. The third-order valence-corrected chi connectivity index (χ3v) is 6.51.